The first-order chi connectivity index (χ1) is 12.8. The second-order valence-electron chi connectivity index (χ2n) is 6.02. The first-order valence-corrected chi connectivity index (χ1v) is 8.21. The first-order valence-electron chi connectivity index (χ1n) is 8.21. The minimum absolute atomic E-state index is 0.00371. The lowest BCUT2D eigenvalue weighted by atomic mass is 10.2. The second kappa shape index (κ2) is 5.73. The van der Waals surface area contributed by atoms with Crippen LogP contribution in [0.15, 0.2) is 59.1 Å². The maximum absolute atomic E-state index is 12.3. The number of rotatable bonds is 3. The highest BCUT2D eigenvalue weighted by Crippen LogP contribution is 2.32. The molecule has 4 aromatic rings. The Balaban J connectivity index is 1.45. The van der Waals surface area contributed by atoms with Crippen molar-refractivity contribution in [2.45, 2.75) is 6.54 Å². The molecule has 0 saturated carbocycles. The number of benzene rings is 2. The highest BCUT2D eigenvalue weighted by Gasteiger charge is 2.27. The van der Waals surface area contributed by atoms with Gasteiger partial charge in [0.15, 0.2) is 12.4 Å². The molecule has 0 radical (unpaired) electrons. The topological polar surface area (TPSA) is 84.2 Å². The number of nitrogens with zero attached hydrogens (tertiary/aromatic N) is 3. The van der Waals surface area contributed by atoms with E-state index >= 15 is 0 Å². The molecule has 0 unspecified atom stereocenters. The van der Waals surface area contributed by atoms with Gasteiger partial charge in [-0.2, -0.15) is 4.98 Å². The van der Waals surface area contributed by atoms with Gasteiger partial charge in [-0.25, -0.2) is 0 Å². The number of amides is 1. The molecule has 1 aliphatic rings. The molecular weight excluding hydrogens is 332 g/mol. The summed E-state index contributed by atoms with van der Waals surface area (Å²) in [4.78, 5) is 21.6. The van der Waals surface area contributed by atoms with Gasteiger partial charge in [0.05, 0.1) is 12.2 Å². The lowest BCUT2D eigenvalue weighted by molar-refractivity contribution is -0.121. The van der Waals surface area contributed by atoms with Crippen molar-refractivity contribution in [3.63, 3.8) is 0 Å². The Labute approximate surface area is 148 Å². The van der Waals surface area contributed by atoms with Gasteiger partial charge in [0, 0.05) is 10.9 Å². The summed E-state index contributed by atoms with van der Waals surface area (Å²) in [6.07, 6.45) is 0. The van der Waals surface area contributed by atoms with Gasteiger partial charge >= 0.3 is 0 Å². The van der Waals surface area contributed by atoms with Gasteiger partial charge in [0.2, 0.25) is 0 Å². The smallest absolute Gasteiger partial charge is 0.274 e. The molecule has 26 heavy (non-hydrogen) atoms. The number of nitrogens with one attached hydrogen (secondary N) is 1. The average molecular weight is 346 g/mol. The monoisotopic (exact) mass is 346 g/mol. The van der Waals surface area contributed by atoms with Gasteiger partial charge in [0.25, 0.3) is 11.8 Å². The molecule has 0 fully saturated rings. The molecule has 0 aliphatic carbocycles. The predicted molar refractivity (Wildman–Crippen MR) is 94.7 cm³/mol. The van der Waals surface area contributed by atoms with E-state index in [0.29, 0.717) is 23.2 Å². The number of carbonyl (C=O) groups is 1. The largest absolute Gasteiger partial charge is 0.482 e. The standard InChI is InChI=1S/C19H14N4O3/c24-18-11-25-16-8-4-3-7-15(16)23(18)10-17-21-19(26-22-17)14-9-12-5-1-2-6-13(12)20-14/h1-9,20H,10-11H2. The SMILES string of the molecule is O=C1COc2ccccc2N1Cc1noc(-c2cc3ccccc3[nH]2)n1. The number of hydrogen-bond acceptors (Lipinski definition) is 5. The van der Waals surface area contributed by atoms with Crippen molar-refractivity contribution in [2.75, 3.05) is 11.5 Å². The van der Waals surface area contributed by atoms with Crippen LogP contribution in [0.4, 0.5) is 5.69 Å². The van der Waals surface area contributed by atoms with Crippen LogP contribution in [-0.2, 0) is 11.3 Å². The van der Waals surface area contributed by atoms with E-state index in [1.165, 1.54) is 0 Å². The normalized spacial score (nSPS) is 13.7. The van der Waals surface area contributed by atoms with E-state index in [-0.39, 0.29) is 19.1 Å². The summed E-state index contributed by atoms with van der Waals surface area (Å²) in [5, 5.41) is 5.09. The number of fused-ring (bicyclic) bond motifs is 2. The summed E-state index contributed by atoms with van der Waals surface area (Å²) in [5.74, 6) is 1.36. The Morgan fingerprint density at radius 3 is 2.88 bits per heavy atom. The van der Waals surface area contributed by atoms with E-state index in [1.54, 1.807) is 4.90 Å². The van der Waals surface area contributed by atoms with Gasteiger partial charge in [-0.3, -0.25) is 9.69 Å². The summed E-state index contributed by atoms with van der Waals surface area (Å²) in [7, 11) is 0. The molecule has 2 aromatic heterocycles. The average Bonchev–Trinajstić information content (AvgIpc) is 3.30. The Bertz CT molecular complexity index is 1080. The van der Waals surface area contributed by atoms with Crippen LogP contribution in [0.2, 0.25) is 0 Å². The maximum Gasteiger partial charge on any atom is 0.274 e. The molecule has 3 heterocycles. The quantitative estimate of drug-likeness (QED) is 0.616. The van der Waals surface area contributed by atoms with Gasteiger partial charge in [-0.05, 0) is 24.3 Å². The number of carbonyl (C=O) groups excluding carboxylic acids is 1. The second-order valence-corrected chi connectivity index (χ2v) is 6.02. The van der Waals surface area contributed by atoms with E-state index in [2.05, 4.69) is 15.1 Å². The molecule has 0 atom stereocenters. The number of anilines is 1. The van der Waals surface area contributed by atoms with E-state index in [1.807, 2.05) is 54.6 Å². The lowest BCUT2D eigenvalue weighted by Crippen LogP contribution is -2.38. The molecular formula is C19H14N4O3. The van der Waals surface area contributed by atoms with Crippen molar-refractivity contribution in [3.8, 4) is 17.3 Å². The van der Waals surface area contributed by atoms with Crippen molar-refractivity contribution in [1.82, 2.24) is 15.1 Å². The van der Waals surface area contributed by atoms with Crippen molar-refractivity contribution in [1.29, 1.82) is 0 Å². The maximum atomic E-state index is 12.3. The predicted octanol–water partition coefficient (Wildman–Crippen LogP) is 3.14. The fraction of sp³-hybridized carbons (Fsp3) is 0.105. The number of ether oxygens (including phenoxy) is 1. The van der Waals surface area contributed by atoms with E-state index in [0.717, 1.165) is 16.6 Å². The number of H-pyrrole nitrogens is 1. The highest BCUT2D eigenvalue weighted by atomic mass is 16.5. The van der Waals surface area contributed by atoms with Gasteiger partial charge in [-0.1, -0.05) is 35.5 Å². The molecule has 1 N–H and O–H groups in total. The molecule has 0 spiro atoms. The summed E-state index contributed by atoms with van der Waals surface area (Å²) >= 11 is 0. The number of aromatic nitrogens is 3. The number of para-hydroxylation sites is 3. The van der Waals surface area contributed by atoms with Crippen LogP contribution in [0.5, 0.6) is 5.75 Å². The van der Waals surface area contributed by atoms with Gasteiger partial charge in [0.1, 0.15) is 11.4 Å². The van der Waals surface area contributed by atoms with Crippen LogP contribution in [0, 0.1) is 0 Å². The van der Waals surface area contributed by atoms with E-state index in [9.17, 15) is 4.79 Å². The van der Waals surface area contributed by atoms with Crippen molar-refractivity contribution >= 4 is 22.5 Å². The Morgan fingerprint density at radius 1 is 1.12 bits per heavy atom. The highest BCUT2D eigenvalue weighted by molar-refractivity contribution is 5.97. The molecule has 0 saturated heterocycles. The third-order valence-electron chi connectivity index (χ3n) is 4.34. The van der Waals surface area contributed by atoms with Gasteiger partial charge < -0.3 is 14.2 Å². The molecule has 0 bridgehead atoms. The lowest BCUT2D eigenvalue weighted by Gasteiger charge is -2.28. The zero-order chi connectivity index (χ0) is 17.5. The van der Waals surface area contributed by atoms with Crippen molar-refractivity contribution in [3.05, 3.63) is 60.4 Å². The minimum Gasteiger partial charge on any atom is -0.482 e. The zero-order valence-corrected chi connectivity index (χ0v) is 13.7. The molecule has 128 valence electrons. The fourth-order valence-electron chi connectivity index (χ4n) is 3.08. The molecule has 7 nitrogen and oxygen atoms in total. The van der Waals surface area contributed by atoms with Crippen LogP contribution in [-0.4, -0.2) is 27.6 Å². The Hall–Kier alpha value is -3.61. The molecule has 2 aromatic carbocycles. The molecule has 1 aliphatic heterocycles. The molecule has 7 heteroatoms. The minimum atomic E-state index is -0.138. The van der Waals surface area contributed by atoms with E-state index in [4.69, 9.17) is 9.26 Å². The third-order valence-corrected chi connectivity index (χ3v) is 4.34. The zero-order valence-electron chi connectivity index (χ0n) is 13.7. The third kappa shape index (κ3) is 2.41. The first kappa shape index (κ1) is 14.7. The molecule has 1 amide bonds. The van der Waals surface area contributed by atoms with Crippen LogP contribution < -0.4 is 9.64 Å². The number of hydrogen-bond donors (Lipinski definition) is 1. The van der Waals surface area contributed by atoms with Crippen molar-refractivity contribution < 1.29 is 14.1 Å². The number of aromatic amines is 1. The van der Waals surface area contributed by atoms with Crippen LogP contribution >= 0.6 is 0 Å². The van der Waals surface area contributed by atoms with Crippen LogP contribution in [0.1, 0.15) is 5.82 Å². The van der Waals surface area contributed by atoms with Crippen molar-refractivity contribution in [2.24, 2.45) is 0 Å². The summed E-state index contributed by atoms with van der Waals surface area (Å²) < 4.78 is 10.8. The Kier molecular flexibility index (Phi) is 3.24. The van der Waals surface area contributed by atoms with Crippen LogP contribution in [0.3, 0.4) is 0 Å². The van der Waals surface area contributed by atoms with Gasteiger partial charge in [-0.15, -0.1) is 0 Å². The summed E-state index contributed by atoms with van der Waals surface area (Å²) in [6.45, 7) is 0.229. The summed E-state index contributed by atoms with van der Waals surface area (Å²) in [6, 6.07) is 17.3. The van der Waals surface area contributed by atoms with Crippen LogP contribution in [0.25, 0.3) is 22.5 Å². The fourth-order valence-corrected chi connectivity index (χ4v) is 3.08. The van der Waals surface area contributed by atoms with E-state index < -0.39 is 0 Å². The Morgan fingerprint density at radius 2 is 1.96 bits per heavy atom. The summed E-state index contributed by atoms with van der Waals surface area (Å²) in [5.41, 5.74) is 2.46. The molecule has 5 rings (SSSR count).